The highest BCUT2D eigenvalue weighted by atomic mass is 32.2. The van der Waals surface area contributed by atoms with E-state index in [1.165, 1.54) is 4.90 Å². The Morgan fingerprint density at radius 2 is 1.73 bits per heavy atom. The van der Waals surface area contributed by atoms with Crippen molar-refractivity contribution in [3.63, 3.8) is 0 Å². The summed E-state index contributed by atoms with van der Waals surface area (Å²) in [4.78, 5) is 36.7. The number of hydrogen-bond donors (Lipinski definition) is 2. The van der Waals surface area contributed by atoms with Gasteiger partial charge in [-0.05, 0) is 35.4 Å². The first-order chi connectivity index (χ1) is 14.5. The molecule has 0 aromatic heterocycles. The van der Waals surface area contributed by atoms with E-state index in [-0.39, 0.29) is 29.5 Å². The summed E-state index contributed by atoms with van der Waals surface area (Å²) in [6.45, 7) is 1.62. The third kappa shape index (κ3) is 6.23. The van der Waals surface area contributed by atoms with Gasteiger partial charge in [0.15, 0.2) is 0 Å². The average molecular weight is 429 g/mol. The highest BCUT2D eigenvalue weighted by Gasteiger charge is 2.29. The first-order valence-corrected chi connectivity index (χ1v) is 10.4. The van der Waals surface area contributed by atoms with Crippen molar-refractivity contribution >= 4 is 34.6 Å². The molecule has 0 aliphatic carbocycles. The number of amides is 4. The topological polar surface area (TPSA) is 97.0 Å². The van der Waals surface area contributed by atoms with Crippen LogP contribution in [-0.4, -0.2) is 48.2 Å². The maximum absolute atomic E-state index is 12.1. The van der Waals surface area contributed by atoms with Gasteiger partial charge in [-0.3, -0.25) is 14.5 Å². The lowest BCUT2D eigenvalue weighted by molar-refractivity contribution is -0.125. The molecular formula is C21H23N3O5S. The van der Waals surface area contributed by atoms with E-state index in [0.717, 1.165) is 28.6 Å². The van der Waals surface area contributed by atoms with E-state index in [0.29, 0.717) is 25.4 Å². The summed E-state index contributed by atoms with van der Waals surface area (Å²) in [6.07, 6.45) is 0. The maximum atomic E-state index is 12.1. The van der Waals surface area contributed by atoms with Gasteiger partial charge in [0.2, 0.25) is 5.91 Å². The zero-order chi connectivity index (χ0) is 21.3. The van der Waals surface area contributed by atoms with Crippen LogP contribution >= 0.6 is 11.8 Å². The molecule has 0 atom stereocenters. The molecule has 158 valence electrons. The molecule has 2 aromatic rings. The van der Waals surface area contributed by atoms with Gasteiger partial charge in [-0.2, -0.15) is 0 Å². The molecule has 1 heterocycles. The molecule has 8 nitrogen and oxygen atoms in total. The van der Waals surface area contributed by atoms with E-state index >= 15 is 0 Å². The molecule has 1 aliphatic heterocycles. The Hall–Kier alpha value is -3.04. The maximum Gasteiger partial charge on any atom is 0.319 e. The van der Waals surface area contributed by atoms with Crippen LogP contribution in [0.4, 0.5) is 15.3 Å². The summed E-state index contributed by atoms with van der Waals surface area (Å²) in [7, 11) is 1.62. The van der Waals surface area contributed by atoms with E-state index in [1.54, 1.807) is 31.4 Å². The fraction of sp³-hybridized carbons (Fsp3) is 0.286. The molecular weight excluding hydrogens is 406 g/mol. The largest absolute Gasteiger partial charge is 0.491 e. The third-order valence-electron chi connectivity index (χ3n) is 4.33. The first-order valence-electron chi connectivity index (χ1n) is 9.37. The van der Waals surface area contributed by atoms with Crippen LogP contribution in [0.25, 0.3) is 0 Å². The minimum atomic E-state index is -0.329. The van der Waals surface area contributed by atoms with Crippen molar-refractivity contribution in [1.82, 2.24) is 10.2 Å². The Balaban J connectivity index is 1.43. The summed E-state index contributed by atoms with van der Waals surface area (Å²) in [5, 5.41) is 5.32. The van der Waals surface area contributed by atoms with Gasteiger partial charge in [0.25, 0.3) is 5.24 Å². The van der Waals surface area contributed by atoms with Gasteiger partial charge < -0.3 is 20.1 Å². The molecule has 0 spiro atoms. The number of rotatable bonds is 9. The molecule has 0 radical (unpaired) electrons. The Morgan fingerprint density at radius 1 is 1.03 bits per heavy atom. The number of anilines is 1. The molecule has 1 fully saturated rings. The number of benzene rings is 2. The molecule has 2 N–H and O–H groups in total. The zero-order valence-corrected chi connectivity index (χ0v) is 17.4. The van der Waals surface area contributed by atoms with Crippen molar-refractivity contribution in [2.75, 3.05) is 31.4 Å². The molecule has 2 aromatic carbocycles. The van der Waals surface area contributed by atoms with Gasteiger partial charge in [0, 0.05) is 19.3 Å². The summed E-state index contributed by atoms with van der Waals surface area (Å²) in [6, 6.07) is 14.2. The first kappa shape index (κ1) is 21.7. The second-order valence-corrected chi connectivity index (χ2v) is 7.45. The monoisotopic (exact) mass is 429 g/mol. The van der Waals surface area contributed by atoms with Crippen LogP contribution in [-0.2, 0) is 22.6 Å². The predicted molar refractivity (Wildman–Crippen MR) is 115 cm³/mol. The van der Waals surface area contributed by atoms with Crippen molar-refractivity contribution in [1.29, 1.82) is 0 Å². The molecule has 1 aliphatic rings. The second kappa shape index (κ2) is 10.7. The van der Waals surface area contributed by atoms with E-state index in [1.807, 2.05) is 24.3 Å². The minimum absolute atomic E-state index is 0.179. The van der Waals surface area contributed by atoms with Crippen LogP contribution in [0.1, 0.15) is 11.1 Å². The van der Waals surface area contributed by atoms with Crippen molar-refractivity contribution in [3.8, 4) is 5.75 Å². The molecule has 4 amide bonds. The van der Waals surface area contributed by atoms with Crippen molar-refractivity contribution in [2.24, 2.45) is 0 Å². The molecule has 30 heavy (non-hydrogen) atoms. The van der Waals surface area contributed by atoms with Gasteiger partial charge in [0.1, 0.15) is 12.4 Å². The minimum Gasteiger partial charge on any atom is -0.491 e. The average Bonchev–Trinajstić information content (AvgIpc) is 3.07. The number of urea groups is 1. The summed E-state index contributed by atoms with van der Waals surface area (Å²) >= 11 is 1.01. The van der Waals surface area contributed by atoms with Gasteiger partial charge in [-0.1, -0.05) is 36.0 Å². The van der Waals surface area contributed by atoms with Crippen molar-refractivity contribution in [2.45, 2.75) is 13.1 Å². The fourth-order valence-corrected chi connectivity index (χ4v) is 3.44. The van der Waals surface area contributed by atoms with E-state index in [2.05, 4.69) is 10.6 Å². The van der Waals surface area contributed by atoms with E-state index in [9.17, 15) is 14.4 Å². The number of carbonyl (C=O) groups excluding carboxylic acids is 3. The standard InChI is InChI=1S/C21H23N3O5S/c1-28-10-11-29-18-8-4-15(5-9-18)12-22-20(26)23-17-6-2-16(3-7-17)13-24-19(25)14-30-21(24)27/h2-9H,10-14H2,1H3,(H2,22,23,26). The number of carbonyl (C=O) groups is 3. The van der Waals surface area contributed by atoms with E-state index < -0.39 is 0 Å². The third-order valence-corrected chi connectivity index (χ3v) is 5.18. The molecule has 3 rings (SSSR count). The summed E-state index contributed by atoms with van der Waals surface area (Å²) < 4.78 is 10.4. The van der Waals surface area contributed by atoms with Gasteiger partial charge >= 0.3 is 6.03 Å². The van der Waals surface area contributed by atoms with Crippen molar-refractivity contribution < 1.29 is 23.9 Å². The molecule has 0 bridgehead atoms. The predicted octanol–water partition coefficient (Wildman–Crippen LogP) is 3.23. The van der Waals surface area contributed by atoms with Crippen LogP contribution < -0.4 is 15.4 Å². The quantitative estimate of drug-likeness (QED) is 0.594. The highest BCUT2D eigenvalue weighted by Crippen LogP contribution is 2.22. The Kier molecular flexibility index (Phi) is 7.69. The fourth-order valence-electron chi connectivity index (χ4n) is 2.71. The van der Waals surface area contributed by atoms with Crippen LogP contribution in [0.3, 0.4) is 0 Å². The number of ether oxygens (including phenoxy) is 2. The second-order valence-electron chi connectivity index (χ2n) is 6.52. The smallest absolute Gasteiger partial charge is 0.319 e. The summed E-state index contributed by atoms with van der Waals surface area (Å²) in [5.74, 6) is 0.764. The number of thioether (sulfide) groups is 1. The summed E-state index contributed by atoms with van der Waals surface area (Å²) in [5.41, 5.74) is 2.38. The number of imide groups is 1. The van der Waals surface area contributed by atoms with Crippen LogP contribution in [0.15, 0.2) is 48.5 Å². The lowest BCUT2D eigenvalue weighted by Crippen LogP contribution is -2.28. The lowest BCUT2D eigenvalue weighted by Gasteiger charge is -2.13. The molecule has 1 saturated heterocycles. The van der Waals surface area contributed by atoms with Crippen LogP contribution in [0, 0.1) is 0 Å². The normalized spacial score (nSPS) is 13.4. The molecule has 0 saturated carbocycles. The Morgan fingerprint density at radius 3 is 2.37 bits per heavy atom. The van der Waals surface area contributed by atoms with Crippen LogP contribution in [0.5, 0.6) is 5.75 Å². The van der Waals surface area contributed by atoms with Crippen LogP contribution in [0.2, 0.25) is 0 Å². The number of nitrogens with one attached hydrogen (secondary N) is 2. The van der Waals surface area contributed by atoms with Gasteiger partial charge in [-0.15, -0.1) is 0 Å². The lowest BCUT2D eigenvalue weighted by atomic mass is 10.2. The number of methoxy groups -OCH3 is 1. The number of nitrogens with zero attached hydrogens (tertiary/aromatic N) is 1. The van der Waals surface area contributed by atoms with E-state index in [4.69, 9.17) is 9.47 Å². The highest BCUT2D eigenvalue weighted by molar-refractivity contribution is 8.14. The molecule has 0 unspecified atom stereocenters. The Labute approximate surface area is 178 Å². The number of hydrogen-bond acceptors (Lipinski definition) is 6. The SMILES string of the molecule is COCCOc1ccc(CNC(=O)Nc2ccc(CN3C(=O)CSC3=O)cc2)cc1. The Bertz CT molecular complexity index is 871. The van der Waals surface area contributed by atoms with Gasteiger partial charge in [-0.25, -0.2) is 4.79 Å². The van der Waals surface area contributed by atoms with Gasteiger partial charge in [0.05, 0.1) is 18.9 Å². The van der Waals surface area contributed by atoms with Crippen molar-refractivity contribution in [3.05, 3.63) is 59.7 Å². The molecule has 9 heteroatoms. The zero-order valence-electron chi connectivity index (χ0n) is 16.6.